The zero-order valence-electron chi connectivity index (χ0n) is 9.92. The molecule has 6 nitrogen and oxygen atoms in total. The molecule has 1 atom stereocenters. The van der Waals surface area contributed by atoms with Crippen LogP contribution in [0, 0.1) is 5.92 Å². The average molecular weight is 259 g/mol. The highest BCUT2D eigenvalue weighted by atomic mass is 32.2. The van der Waals surface area contributed by atoms with Crippen molar-refractivity contribution in [3.05, 3.63) is 11.7 Å². The van der Waals surface area contributed by atoms with E-state index < -0.39 is 12.0 Å². The molecule has 0 aliphatic rings. The maximum Gasteiger partial charge on any atom is 0.321 e. The van der Waals surface area contributed by atoms with E-state index in [1.807, 2.05) is 0 Å². The van der Waals surface area contributed by atoms with Gasteiger partial charge in [0.1, 0.15) is 6.04 Å². The van der Waals surface area contributed by atoms with Crippen molar-refractivity contribution < 1.29 is 14.4 Å². The van der Waals surface area contributed by atoms with Crippen molar-refractivity contribution in [1.29, 1.82) is 0 Å². The van der Waals surface area contributed by atoms with Crippen molar-refractivity contribution >= 4 is 17.7 Å². The number of thioether (sulfide) groups is 1. The molecule has 0 unspecified atom stereocenters. The summed E-state index contributed by atoms with van der Waals surface area (Å²) in [5.41, 5.74) is 5.36. The minimum Gasteiger partial charge on any atom is -0.480 e. The number of aliphatic carboxylic acids is 1. The van der Waals surface area contributed by atoms with Gasteiger partial charge in [0, 0.05) is 12.2 Å². The van der Waals surface area contributed by atoms with Crippen LogP contribution in [0.3, 0.4) is 0 Å². The van der Waals surface area contributed by atoms with Crippen LogP contribution in [0.1, 0.15) is 25.6 Å². The molecule has 0 saturated heterocycles. The third kappa shape index (κ3) is 5.18. The standard InChI is InChI=1S/C10H17N3O3S/c1-6(2)3-8-12-9(16-13-8)5-17-4-7(11)10(14)15/h6-7H,3-5,11H2,1-2H3,(H,14,15)/t7-/m1/s1. The van der Waals surface area contributed by atoms with Crippen molar-refractivity contribution in [1.82, 2.24) is 10.1 Å². The van der Waals surface area contributed by atoms with Gasteiger partial charge in [0.15, 0.2) is 5.82 Å². The fraction of sp³-hybridized carbons (Fsp3) is 0.700. The average Bonchev–Trinajstić information content (AvgIpc) is 2.64. The van der Waals surface area contributed by atoms with Gasteiger partial charge in [-0.3, -0.25) is 4.79 Å². The summed E-state index contributed by atoms with van der Waals surface area (Å²) in [5, 5.41) is 12.4. The van der Waals surface area contributed by atoms with Crippen molar-refractivity contribution in [2.24, 2.45) is 11.7 Å². The number of carboxylic acids is 1. The third-order valence-corrected chi connectivity index (χ3v) is 2.99. The van der Waals surface area contributed by atoms with Crippen LogP contribution in [-0.2, 0) is 17.0 Å². The summed E-state index contributed by atoms with van der Waals surface area (Å²) in [6, 6.07) is -0.849. The van der Waals surface area contributed by atoms with Crippen LogP contribution in [0.2, 0.25) is 0 Å². The molecule has 0 spiro atoms. The lowest BCUT2D eigenvalue weighted by Gasteiger charge is -2.03. The second kappa shape index (κ2) is 6.61. The van der Waals surface area contributed by atoms with Crippen molar-refractivity contribution in [3.63, 3.8) is 0 Å². The number of carboxylic acid groups (broad SMARTS) is 1. The third-order valence-electron chi connectivity index (χ3n) is 1.94. The number of nitrogens with zero attached hydrogens (tertiary/aromatic N) is 2. The molecule has 3 N–H and O–H groups in total. The van der Waals surface area contributed by atoms with E-state index in [4.69, 9.17) is 15.4 Å². The van der Waals surface area contributed by atoms with Crippen LogP contribution in [0.5, 0.6) is 0 Å². The topological polar surface area (TPSA) is 102 Å². The summed E-state index contributed by atoms with van der Waals surface area (Å²) >= 11 is 1.37. The Morgan fingerprint density at radius 3 is 2.88 bits per heavy atom. The first-order valence-corrected chi connectivity index (χ1v) is 6.52. The highest BCUT2D eigenvalue weighted by Gasteiger charge is 2.13. The lowest BCUT2D eigenvalue weighted by atomic mass is 10.1. The minimum absolute atomic E-state index is 0.331. The molecule has 0 fully saturated rings. The van der Waals surface area contributed by atoms with Gasteiger partial charge in [0.25, 0.3) is 0 Å². The Balaban J connectivity index is 2.32. The first kappa shape index (κ1) is 14.0. The number of rotatable bonds is 7. The summed E-state index contributed by atoms with van der Waals surface area (Å²) in [4.78, 5) is 14.7. The van der Waals surface area contributed by atoms with E-state index in [0.717, 1.165) is 6.42 Å². The molecular weight excluding hydrogens is 242 g/mol. The van der Waals surface area contributed by atoms with Gasteiger partial charge in [-0.25, -0.2) is 0 Å². The van der Waals surface area contributed by atoms with Crippen LogP contribution in [0.25, 0.3) is 0 Å². The van der Waals surface area contributed by atoms with Gasteiger partial charge in [-0.05, 0) is 5.92 Å². The Hall–Kier alpha value is -1.08. The molecule has 0 aromatic carbocycles. The molecule has 1 heterocycles. The molecule has 96 valence electrons. The number of hydrogen-bond acceptors (Lipinski definition) is 6. The Bertz CT molecular complexity index is 367. The maximum absolute atomic E-state index is 10.5. The Labute approximate surface area is 104 Å². The highest BCUT2D eigenvalue weighted by Crippen LogP contribution is 2.12. The van der Waals surface area contributed by atoms with E-state index in [2.05, 4.69) is 24.0 Å². The van der Waals surface area contributed by atoms with E-state index in [0.29, 0.717) is 29.1 Å². The maximum atomic E-state index is 10.5. The summed E-state index contributed by atoms with van der Waals surface area (Å²) in [7, 11) is 0. The van der Waals surface area contributed by atoms with Gasteiger partial charge in [-0.15, -0.1) is 11.8 Å². The molecule has 1 aromatic heterocycles. The van der Waals surface area contributed by atoms with Crippen molar-refractivity contribution in [2.75, 3.05) is 5.75 Å². The first-order chi connectivity index (χ1) is 7.99. The van der Waals surface area contributed by atoms with Gasteiger partial charge in [-0.1, -0.05) is 19.0 Å². The van der Waals surface area contributed by atoms with E-state index in [-0.39, 0.29) is 0 Å². The zero-order valence-corrected chi connectivity index (χ0v) is 10.7. The number of carbonyl (C=O) groups is 1. The SMILES string of the molecule is CC(C)Cc1noc(CSC[C@@H](N)C(=O)O)n1. The van der Waals surface area contributed by atoms with Crippen LogP contribution in [-0.4, -0.2) is 33.0 Å². The zero-order chi connectivity index (χ0) is 12.8. The normalized spacial score (nSPS) is 12.9. The van der Waals surface area contributed by atoms with Gasteiger partial charge < -0.3 is 15.4 Å². The fourth-order valence-corrected chi connectivity index (χ4v) is 1.95. The molecule has 7 heteroatoms. The molecule has 0 amide bonds. The van der Waals surface area contributed by atoms with Gasteiger partial charge in [0.2, 0.25) is 5.89 Å². The van der Waals surface area contributed by atoms with E-state index >= 15 is 0 Å². The van der Waals surface area contributed by atoms with E-state index in [9.17, 15) is 4.79 Å². The van der Waals surface area contributed by atoms with Crippen molar-refractivity contribution in [3.8, 4) is 0 Å². The Kier molecular flexibility index (Phi) is 5.43. The predicted octanol–water partition coefficient (Wildman–Crippen LogP) is 0.913. The summed E-state index contributed by atoms with van der Waals surface area (Å²) in [6.45, 7) is 4.16. The largest absolute Gasteiger partial charge is 0.480 e. The molecule has 1 aromatic rings. The lowest BCUT2D eigenvalue weighted by molar-refractivity contribution is -0.137. The summed E-state index contributed by atoms with van der Waals surface area (Å²) in [5.74, 6) is 1.52. The quantitative estimate of drug-likeness (QED) is 0.750. The van der Waals surface area contributed by atoms with E-state index in [1.165, 1.54) is 11.8 Å². The first-order valence-electron chi connectivity index (χ1n) is 5.36. The molecular formula is C10H17N3O3S. The molecule has 17 heavy (non-hydrogen) atoms. The van der Waals surface area contributed by atoms with Crippen LogP contribution < -0.4 is 5.73 Å². The predicted molar refractivity (Wildman–Crippen MR) is 64.6 cm³/mol. The Morgan fingerprint density at radius 2 is 2.29 bits per heavy atom. The van der Waals surface area contributed by atoms with Crippen LogP contribution >= 0.6 is 11.8 Å². The smallest absolute Gasteiger partial charge is 0.321 e. The number of nitrogens with two attached hydrogens (primary N) is 1. The summed E-state index contributed by atoms with van der Waals surface area (Å²) < 4.78 is 5.04. The summed E-state index contributed by atoms with van der Waals surface area (Å²) in [6.07, 6.45) is 0.781. The van der Waals surface area contributed by atoms with Crippen LogP contribution in [0.4, 0.5) is 0 Å². The second-order valence-electron chi connectivity index (χ2n) is 4.16. The second-order valence-corrected chi connectivity index (χ2v) is 5.19. The molecule has 0 aliphatic heterocycles. The number of aromatic nitrogens is 2. The van der Waals surface area contributed by atoms with E-state index in [1.54, 1.807) is 0 Å². The minimum atomic E-state index is -0.997. The number of hydrogen-bond donors (Lipinski definition) is 2. The van der Waals surface area contributed by atoms with Crippen LogP contribution in [0.15, 0.2) is 4.52 Å². The highest BCUT2D eigenvalue weighted by molar-refractivity contribution is 7.98. The fourth-order valence-electron chi connectivity index (χ4n) is 1.14. The molecule has 1 rings (SSSR count). The molecule has 0 bridgehead atoms. The lowest BCUT2D eigenvalue weighted by Crippen LogP contribution is -2.32. The van der Waals surface area contributed by atoms with Crippen molar-refractivity contribution in [2.45, 2.75) is 32.1 Å². The monoisotopic (exact) mass is 259 g/mol. The van der Waals surface area contributed by atoms with Gasteiger partial charge in [0.05, 0.1) is 5.75 Å². The van der Waals surface area contributed by atoms with Gasteiger partial charge >= 0.3 is 5.97 Å². The Morgan fingerprint density at radius 1 is 1.59 bits per heavy atom. The molecule has 0 radical (unpaired) electrons. The molecule has 0 saturated carbocycles. The molecule has 0 aliphatic carbocycles. The van der Waals surface area contributed by atoms with Gasteiger partial charge in [-0.2, -0.15) is 4.98 Å².